The number of ether oxygens (including phenoxy) is 1. The van der Waals surface area contributed by atoms with Crippen molar-refractivity contribution >= 4 is 15.9 Å². The van der Waals surface area contributed by atoms with Gasteiger partial charge in [0.2, 0.25) is 15.9 Å². The molecule has 1 unspecified atom stereocenters. The second-order valence-electron chi connectivity index (χ2n) is 4.73. The van der Waals surface area contributed by atoms with E-state index in [-0.39, 0.29) is 10.8 Å². The van der Waals surface area contributed by atoms with Gasteiger partial charge in [-0.25, -0.2) is 12.8 Å². The summed E-state index contributed by atoms with van der Waals surface area (Å²) in [4.78, 5) is 13.6. The smallest absolute Gasteiger partial charge is 0.241 e. The first-order valence-electron chi connectivity index (χ1n) is 6.54. The molecule has 1 fully saturated rings. The van der Waals surface area contributed by atoms with Crippen LogP contribution in [-0.4, -0.2) is 51.6 Å². The Morgan fingerprint density at radius 2 is 1.86 bits per heavy atom. The fraction of sp³-hybridized carbons (Fsp3) is 0.462. The largest absolute Gasteiger partial charge is 0.378 e. The minimum absolute atomic E-state index is 0.0782. The maximum atomic E-state index is 12.8. The third kappa shape index (κ3) is 3.99. The van der Waals surface area contributed by atoms with Gasteiger partial charge in [-0.15, -0.1) is 0 Å². The van der Waals surface area contributed by atoms with Crippen molar-refractivity contribution in [3.8, 4) is 0 Å². The topological polar surface area (TPSA) is 75.7 Å². The van der Waals surface area contributed by atoms with Gasteiger partial charge in [0, 0.05) is 13.1 Å². The molecule has 1 N–H and O–H groups in total. The van der Waals surface area contributed by atoms with Crippen molar-refractivity contribution in [3.63, 3.8) is 0 Å². The van der Waals surface area contributed by atoms with E-state index in [1.807, 2.05) is 0 Å². The molecule has 1 atom stereocenters. The highest BCUT2D eigenvalue weighted by Gasteiger charge is 2.26. The molecule has 1 heterocycles. The first-order valence-corrected chi connectivity index (χ1v) is 8.03. The van der Waals surface area contributed by atoms with Crippen molar-refractivity contribution in [2.45, 2.75) is 17.9 Å². The van der Waals surface area contributed by atoms with Crippen LogP contribution in [-0.2, 0) is 19.6 Å². The van der Waals surface area contributed by atoms with Gasteiger partial charge < -0.3 is 9.64 Å². The van der Waals surface area contributed by atoms with Crippen LogP contribution in [0.4, 0.5) is 4.39 Å². The molecule has 0 radical (unpaired) electrons. The number of rotatable bonds is 4. The number of hydrogen-bond donors (Lipinski definition) is 1. The average Bonchev–Trinajstić information content (AvgIpc) is 2.47. The molecule has 1 saturated heterocycles. The summed E-state index contributed by atoms with van der Waals surface area (Å²) in [5.74, 6) is -0.824. The van der Waals surface area contributed by atoms with Crippen LogP contribution in [0.3, 0.4) is 0 Å². The zero-order chi connectivity index (χ0) is 15.5. The molecular weight excluding hydrogens is 299 g/mol. The highest BCUT2D eigenvalue weighted by molar-refractivity contribution is 7.89. The van der Waals surface area contributed by atoms with E-state index >= 15 is 0 Å². The molecule has 1 amide bonds. The second-order valence-corrected chi connectivity index (χ2v) is 6.45. The summed E-state index contributed by atoms with van der Waals surface area (Å²) in [5.41, 5.74) is 0. The summed E-state index contributed by atoms with van der Waals surface area (Å²) >= 11 is 0. The number of carbonyl (C=O) groups excluding carboxylic acids is 1. The van der Waals surface area contributed by atoms with E-state index < -0.39 is 21.9 Å². The minimum Gasteiger partial charge on any atom is -0.378 e. The second kappa shape index (κ2) is 6.50. The third-order valence-corrected chi connectivity index (χ3v) is 4.71. The molecule has 6 nitrogen and oxygen atoms in total. The molecule has 0 spiro atoms. The fourth-order valence-corrected chi connectivity index (χ4v) is 3.22. The first-order chi connectivity index (χ1) is 9.90. The van der Waals surface area contributed by atoms with Gasteiger partial charge in [0.05, 0.1) is 24.2 Å². The van der Waals surface area contributed by atoms with E-state index in [2.05, 4.69) is 4.72 Å². The number of sulfonamides is 1. The van der Waals surface area contributed by atoms with E-state index in [0.717, 1.165) is 24.3 Å². The van der Waals surface area contributed by atoms with Crippen molar-refractivity contribution in [2.24, 2.45) is 0 Å². The van der Waals surface area contributed by atoms with Crippen LogP contribution < -0.4 is 4.72 Å². The standard InChI is InChI=1S/C13H17FN2O4S/c1-10(13(17)16-6-8-20-9-7-16)15-21(18,19)12-4-2-11(14)3-5-12/h2-5,10,15H,6-9H2,1H3. The zero-order valence-corrected chi connectivity index (χ0v) is 12.4. The SMILES string of the molecule is CC(NS(=O)(=O)c1ccc(F)cc1)C(=O)N1CCOCC1. The number of morpholine rings is 1. The summed E-state index contributed by atoms with van der Waals surface area (Å²) in [7, 11) is -3.86. The molecule has 1 aliphatic heterocycles. The Kier molecular flexibility index (Phi) is 4.92. The van der Waals surface area contributed by atoms with Crippen molar-refractivity contribution < 1.29 is 22.3 Å². The number of benzene rings is 1. The molecule has 2 rings (SSSR count). The van der Waals surface area contributed by atoms with E-state index in [9.17, 15) is 17.6 Å². The number of halogens is 1. The van der Waals surface area contributed by atoms with Crippen LogP contribution in [0.1, 0.15) is 6.92 Å². The van der Waals surface area contributed by atoms with Gasteiger partial charge in [-0.1, -0.05) is 0 Å². The van der Waals surface area contributed by atoms with Gasteiger partial charge in [0.15, 0.2) is 0 Å². The Balaban J connectivity index is 2.05. The Labute approximate surface area is 122 Å². The molecule has 21 heavy (non-hydrogen) atoms. The predicted octanol–water partition coefficient (Wildman–Crippen LogP) is 0.351. The van der Waals surface area contributed by atoms with Crippen molar-refractivity contribution in [1.29, 1.82) is 0 Å². The summed E-state index contributed by atoms with van der Waals surface area (Å²) in [5, 5.41) is 0. The molecule has 1 aromatic rings. The highest BCUT2D eigenvalue weighted by atomic mass is 32.2. The van der Waals surface area contributed by atoms with E-state index in [1.54, 1.807) is 4.90 Å². The van der Waals surface area contributed by atoms with Crippen LogP contribution >= 0.6 is 0 Å². The monoisotopic (exact) mass is 316 g/mol. The molecule has 8 heteroatoms. The molecule has 1 aliphatic rings. The Morgan fingerprint density at radius 1 is 1.29 bits per heavy atom. The van der Waals surface area contributed by atoms with Crippen LogP contribution in [0.25, 0.3) is 0 Å². The van der Waals surface area contributed by atoms with Gasteiger partial charge in [-0.05, 0) is 31.2 Å². The van der Waals surface area contributed by atoms with E-state index in [1.165, 1.54) is 6.92 Å². The van der Waals surface area contributed by atoms with Crippen molar-refractivity contribution in [2.75, 3.05) is 26.3 Å². The normalized spacial score (nSPS) is 17.5. The molecule has 0 bridgehead atoms. The average molecular weight is 316 g/mol. The van der Waals surface area contributed by atoms with Gasteiger partial charge in [0.25, 0.3) is 0 Å². The van der Waals surface area contributed by atoms with Crippen LogP contribution in [0, 0.1) is 5.82 Å². The number of nitrogens with one attached hydrogen (secondary N) is 1. The Bertz CT molecular complexity index is 597. The van der Waals surface area contributed by atoms with E-state index in [4.69, 9.17) is 4.74 Å². The van der Waals surface area contributed by atoms with Gasteiger partial charge in [-0.2, -0.15) is 4.72 Å². The van der Waals surface area contributed by atoms with Gasteiger partial charge in [0.1, 0.15) is 5.82 Å². The number of amides is 1. The fourth-order valence-electron chi connectivity index (χ4n) is 2.02. The lowest BCUT2D eigenvalue weighted by Gasteiger charge is -2.29. The molecule has 0 aliphatic carbocycles. The number of carbonyl (C=O) groups is 1. The minimum atomic E-state index is -3.86. The third-order valence-electron chi connectivity index (χ3n) is 3.15. The van der Waals surface area contributed by atoms with Crippen LogP contribution in [0.5, 0.6) is 0 Å². The van der Waals surface area contributed by atoms with Crippen molar-refractivity contribution in [1.82, 2.24) is 9.62 Å². The number of nitrogens with zero attached hydrogens (tertiary/aromatic N) is 1. The van der Waals surface area contributed by atoms with Crippen LogP contribution in [0.2, 0.25) is 0 Å². The van der Waals surface area contributed by atoms with E-state index in [0.29, 0.717) is 26.3 Å². The van der Waals surface area contributed by atoms with Crippen LogP contribution in [0.15, 0.2) is 29.2 Å². The first kappa shape index (κ1) is 15.9. The molecule has 0 saturated carbocycles. The lowest BCUT2D eigenvalue weighted by Crippen LogP contribution is -2.50. The summed E-state index contributed by atoms with van der Waals surface area (Å²) in [6.07, 6.45) is 0. The molecule has 116 valence electrons. The molecule has 0 aromatic heterocycles. The summed E-state index contributed by atoms with van der Waals surface area (Å²) in [6.45, 7) is 3.27. The Hall–Kier alpha value is -1.51. The summed E-state index contributed by atoms with van der Waals surface area (Å²) in [6, 6.07) is 3.54. The Morgan fingerprint density at radius 3 is 2.43 bits per heavy atom. The maximum Gasteiger partial charge on any atom is 0.241 e. The lowest BCUT2D eigenvalue weighted by atomic mass is 10.3. The highest BCUT2D eigenvalue weighted by Crippen LogP contribution is 2.11. The quantitative estimate of drug-likeness (QED) is 0.870. The number of hydrogen-bond acceptors (Lipinski definition) is 4. The molecular formula is C13H17FN2O4S. The maximum absolute atomic E-state index is 12.8. The lowest BCUT2D eigenvalue weighted by molar-refractivity contribution is -0.136. The van der Waals surface area contributed by atoms with Gasteiger partial charge >= 0.3 is 0 Å². The van der Waals surface area contributed by atoms with Crippen molar-refractivity contribution in [3.05, 3.63) is 30.1 Å². The van der Waals surface area contributed by atoms with Gasteiger partial charge in [-0.3, -0.25) is 4.79 Å². The molecule has 1 aromatic carbocycles. The zero-order valence-electron chi connectivity index (χ0n) is 11.6. The predicted molar refractivity (Wildman–Crippen MR) is 73.6 cm³/mol. The summed E-state index contributed by atoms with van der Waals surface area (Å²) < 4.78 is 44.5.